The molecule has 2 heterocycles. The van der Waals surface area contributed by atoms with Crippen molar-refractivity contribution in [1.29, 1.82) is 0 Å². The standard InChI is InChI=1S/C15H25N3O/c1-3-7-15(8-4-9-16-15)14-17-13(18-19-14)12-6-5-11(2)10-12/h11-12,16H,3-10H2,1-2H3. The van der Waals surface area contributed by atoms with Crippen LogP contribution in [-0.2, 0) is 5.54 Å². The maximum atomic E-state index is 5.63. The molecule has 1 N–H and O–H groups in total. The van der Waals surface area contributed by atoms with Crippen LogP contribution in [0.2, 0.25) is 0 Å². The fourth-order valence-electron chi connectivity index (χ4n) is 3.77. The van der Waals surface area contributed by atoms with Crippen LogP contribution >= 0.6 is 0 Å². The summed E-state index contributed by atoms with van der Waals surface area (Å²) in [7, 11) is 0. The minimum atomic E-state index is -0.0375. The van der Waals surface area contributed by atoms with E-state index >= 15 is 0 Å². The lowest BCUT2D eigenvalue weighted by atomic mass is 9.92. The van der Waals surface area contributed by atoms with Crippen molar-refractivity contribution in [2.24, 2.45) is 5.92 Å². The molecule has 1 saturated heterocycles. The summed E-state index contributed by atoms with van der Waals surface area (Å²) < 4.78 is 5.63. The minimum Gasteiger partial charge on any atom is -0.337 e. The largest absolute Gasteiger partial charge is 0.337 e. The first-order valence-corrected chi connectivity index (χ1v) is 7.82. The van der Waals surface area contributed by atoms with Gasteiger partial charge in [-0.15, -0.1) is 0 Å². The van der Waals surface area contributed by atoms with E-state index in [1.54, 1.807) is 0 Å². The van der Waals surface area contributed by atoms with Gasteiger partial charge >= 0.3 is 0 Å². The molecular formula is C15H25N3O. The van der Waals surface area contributed by atoms with E-state index in [-0.39, 0.29) is 5.54 Å². The zero-order chi connectivity index (χ0) is 13.3. The maximum Gasteiger partial charge on any atom is 0.246 e. The van der Waals surface area contributed by atoms with Crippen molar-refractivity contribution in [1.82, 2.24) is 15.5 Å². The summed E-state index contributed by atoms with van der Waals surface area (Å²) in [5, 5.41) is 7.88. The van der Waals surface area contributed by atoms with E-state index in [0.717, 1.165) is 43.4 Å². The summed E-state index contributed by atoms with van der Waals surface area (Å²) in [5.41, 5.74) is -0.0375. The number of nitrogens with one attached hydrogen (secondary N) is 1. The van der Waals surface area contributed by atoms with Crippen molar-refractivity contribution < 1.29 is 4.52 Å². The number of rotatable bonds is 4. The van der Waals surface area contributed by atoms with Crippen molar-refractivity contribution >= 4 is 0 Å². The van der Waals surface area contributed by atoms with Crippen LogP contribution in [0.25, 0.3) is 0 Å². The smallest absolute Gasteiger partial charge is 0.246 e. The Morgan fingerprint density at radius 2 is 2.32 bits per heavy atom. The van der Waals surface area contributed by atoms with Gasteiger partial charge in [-0.05, 0) is 51.0 Å². The number of hydrogen-bond donors (Lipinski definition) is 1. The van der Waals surface area contributed by atoms with Gasteiger partial charge in [0, 0.05) is 5.92 Å². The molecule has 1 saturated carbocycles. The molecule has 2 aliphatic rings. The van der Waals surface area contributed by atoms with Crippen LogP contribution in [0, 0.1) is 5.92 Å². The molecule has 3 unspecified atom stereocenters. The summed E-state index contributed by atoms with van der Waals surface area (Å²) >= 11 is 0. The summed E-state index contributed by atoms with van der Waals surface area (Å²) in [6.07, 6.45) is 8.30. The van der Waals surface area contributed by atoms with Gasteiger partial charge < -0.3 is 9.84 Å². The molecule has 1 aliphatic carbocycles. The van der Waals surface area contributed by atoms with E-state index in [2.05, 4.69) is 24.3 Å². The molecule has 1 aromatic heterocycles. The lowest BCUT2D eigenvalue weighted by molar-refractivity contribution is 0.240. The Kier molecular flexibility index (Phi) is 3.61. The molecule has 3 atom stereocenters. The molecule has 1 aliphatic heterocycles. The molecule has 19 heavy (non-hydrogen) atoms. The van der Waals surface area contributed by atoms with E-state index in [1.165, 1.54) is 25.7 Å². The average molecular weight is 263 g/mol. The molecular weight excluding hydrogens is 238 g/mol. The summed E-state index contributed by atoms with van der Waals surface area (Å²) in [5.74, 6) is 3.11. The van der Waals surface area contributed by atoms with Crippen molar-refractivity contribution in [3.05, 3.63) is 11.7 Å². The second-order valence-electron chi connectivity index (χ2n) is 6.44. The van der Waals surface area contributed by atoms with E-state index in [4.69, 9.17) is 9.51 Å². The zero-order valence-electron chi connectivity index (χ0n) is 12.1. The summed E-state index contributed by atoms with van der Waals surface area (Å²) in [6.45, 7) is 5.61. The monoisotopic (exact) mass is 263 g/mol. The normalized spacial score (nSPS) is 35.1. The van der Waals surface area contributed by atoms with E-state index < -0.39 is 0 Å². The van der Waals surface area contributed by atoms with Crippen molar-refractivity contribution in [2.75, 3.05) is 6.54 Å². The van der Waals surface area contributed by atoms with Crippen LogP contribution in [0.4, 0.5) is 0 Å². The Hall–Kier alpha value is -0.900. The average Bonchev–Trinajstić information content (AvgIpc) is 3.07. The summed E-state index contributed by atoms with van der Waals surface area (Å²) in [6, 6.07) is 0. The molecule has 1 aromatic rings. The van der Waals surface area contributed by atoms with Gasteiger partial charge in [-0.2, -0.15) is 4.98 Å². The molecule has 4 nitrogen and oxygen atoms in total. The van der Waals surface area contributed by atoms with Crippen molar-refractivity contribution in [3.8, 4) is 0 Å². The highest BCUT2D eigenvalue weighted by atomic mass is 16.5. The third kappa shape index (κ3) is 2.42. The van der Waals surface area contributed by atoms with Gasteiger partial charge in [-0.25, -0.2) is 0 Å². The number of nitrogens with zero attached hydrogens (tertiary/aromatic N) is 2. The van der Waals surface area contributed by atoms with Gasteiger partial charge in [-0.3, -0.25) is 0 Å². The molecule has 2 fully saturated rings. The van der Waals surface area contributed by atoms with Gasteiger partial charge in [0.2, 0.25) is 5.89 Å². The predicted molar refractivity (Wildman–Crippen MR) is 73.9 cm³/mol. The van der Waals surface area contributed by atoms with Gasteiger partial charge in [0.25, 0.3) is 0 Å². The van der Waals surface area contributed by atoms with Gasteiger partial charge in [0.05, 0.1) is 5.54 Å². The Balaban J connectivity index is 1.79. The van der Waals surface area contributed by atoms with Crippen LogP contribution in [-0.4, -0.2) is 16.7 Å². The highest BCUT2D eigenvalue weighted by Crippen LogP contribution is 2.39. The first kappa shape index (κ1) is 13.1. The molecule has 106 valence electrons. The molecule has 0 amide bonds. The minimum absolute atomic E-state index is 0.0375. The third-order valence-electron chi connectivity index (χ3n) is 4.83. The Labute approximate surface area is 115 Å². The Morgan fingerprint density at radius 3 is 2.95 bits per heavy atom. The first-order chi connectivity index (χ1) is 9.23. The van der Waals surface area contributed by atoms with E-state index in [0.29, 0.717) is 5.92 Å². The quantitative estimate of drug-likeness (QED) is 0.905. The number of hydrogen-bond acceptors (Lipinski definition) is 4. The van der Waals surface area contributed by atoms with Crippen LogP contribution in [0.5, 0.6) is 0 Å². The maximum absolute atomic E-state index is 5.63. The van der Waals surface area contributed by atoms with Crippen LogP contribution in [0.1, 0.15) is 76.4 Å². The first-order valence-electron chi connectivity index (χ1n) is 7.82. The van der Waals surface area contributed by atoms with Crippen LogP contribution < -0.4 is 5.32 Å². The molecule has 0 aromatic carbocycles. The van der Waals surface area contributed by atoms with Gasteiger partial charge in [-0.1, -0.05) is 25.4 Å². The second-order valence-corrected chi connectivity index (χ2v) is 6.44. The summed E-state index contributed by atoms with van der Waals surface area (Å²) in [4.78, 5) is 4.76. The fourth-order valence-corrected chi connectivity index (χ4v) is 3.77. The van der Waals surface area contributed by atoms with Crippen LogP contribution in [0.15, 0.2) is 4.52 Å². The zero-order valence-corrected chi connectivity index (χ0v) is 12.1. The van der Waals surface area contributed by atoms with E-state index in [1.807, 2.05) is 0 Å². The van der Waals surface area contributed by atoms with Crippen molar-refractivity contribution in [3.63, 3.8) is 0 Å². The molecule has 4 heteroatoms. The van der Waals surface area contributed by atoms with Crippen molar-refractivity contribution in [2.45, 2.75) is 70.3 Å². The Morgan fingerprint density at radius 1 is 1.42 bits per heavy atom. The number of aromatic nitrogens is 2. The second kappa shape index (κ2) is 5.23. The van der Waals surface area contributed by atoms with E-state index in [9.17, 15) is 0 Å². The van der Waals surface area contributed by atoms with Gasteiger partial charge in [0.1, 0.15) is 0 Å². The fraction of sp³-hybridized carbons (Fsp3) is 0.867. The molecule has 0 bridgehead atoms. The lowest BCUT2D eigenvalue weighted by Crippen LogP contribution is -2.37. The molecule has 0 radical (unpaired) electrons. The molecule has 3 rings (SSSR count). The SMILES string of the molecule is CCCC1(c2nc(C3CCC(C)C3)no2)CCCN1. The Bertz CT molecular complexity index is 423. The molecule has 0 spiro atoms. The third-order valence-corrected chi connectivity index (χ3v) is 4.83. The predicted octanol–water partition coefficient (Wildman–Crippen LogP) is 3.35. The topological polar surface area (TPSA) is 51.0 Å². The highest BCUT2D eigenvalue weighted by Gasteiger charge is 2.40. The highest BCUT2D eigenvalue weighted by molar-refractivity contribution is 5.09. The van der Waals surface area contributed by atoms with Gasteiger partial charge in [0.15, 0.2) is 5.82 Å². The lowest BCUT2D eigenvalue weighted by Gasteiger charge is -2.24. The van der Waals surface area contributed by atoms with Crippen LogP contribution in [0.3, 0.4) is 0 Å².